The summed E-state index contributed by atoms with van der Waals surface area (Å²) in [7, 11) is -4.02. The van der Waals surface area contributed by atoms with Crippen molar-refractivity contribution in [3.05, 3.63) is 65.7 Å². The summed E-state index contributed by atoms with van der Waals surface area (Å²) in [6, 6.07) is 11.3. The molecule has 1 fully saturated rings. The van der Waals surface area contributed by atoms with E-state index in [0.717, 1.165) is 66.4 Å². The van der Waals surface area contributed by atoms with Crippen LogP contribution >= 0.6 is 0 Å². The lowest BCUT2D eigenvalue weighted by Gasteiger charge is -2.33. The van der Waals surface area contributed by atoms with Gasteiger partial charge in [0.05, 0.1) is 11.9 Å². The van der Waals surface area contributed by atoms with Crippen LogP contribution in [0.3, 0.4) is 0 Å². The molecule has 10 heteroatoms. The second-order valence-electron chi connectivity index (χ2n) is 9.21. The second kappa shape index (κ2) is 12.3. The largest absolute Gasteiger partial charge is 0.352 e. The van der Waals surface area contributed by atoms with E-state index in [1.807, 2.05) is 30.3 Å². The number of nitrogens with one attached hydrogen (secondary N) is 1. The van der Waals surface area contributed by atoms with E-state index < -0.39 is 40.2 Å². The van der Waals surface area contributed by atoms with E-state index in [2.05, 4.69) is 5.32 Å². The molecule has 0 spiro atoms. The Hall–Kier alpha value is -3.01. The second-order valence-corrected chi connectivity index (χ2v) is 11.1. The number of benzene rings is 2. The third-order valence-electron chi connectivity index (χ3n) is 6.47. The van der Waals surface area contributed by atoms with Gasteiger partial charge in [0.2, 0.25) is 21.8 Å². The number of hydrogen-bond acceptors (Lipinski definition) is 4. The van der Waals surface area contributed by atoms with Crippen LogP contribution < -0.4 is 9.62 Å². The number of amides is 2. The molecule has 196 valence electrons. The zero-order valence-corrected chi connectivity index (χ0v) is 21.4. The van der Waals surface area contributed by atoms with E-state index >= 15 is 0 Å². The maximum Gasteiger partial charge on any atom is 0.244 e. The lowest BCUT2D eigenvalue weighted by atomic mass is 9.95. The fraction of sp³-hybridized carbons (Fsp3) is 0.462. The predicted octanol–water partition coefficient (Wildman–Crippen LogP) is 3.64. The molecule has 0 radical (unpaired) electrons. The minimum atomic E-state index is -4.02. The molecule has 2 aromatic rings. The lowest BCUT2D eigenvalue weighted by Crippen LogP contribution is -2.53. The van der Waals surface area contributed by atoms with Crippen molar-refractivity contribution in [3.8, 4) is 0 Å². The number of sulfonamides is 1. The van der Waals surface area contributed by atoms with Gasteiger partial charge in [0.25, 0.3) is 0 Å². The van der Waals surface area contributed by atoms with Crippen molar-refractivity contribution < 1.29 is 26.8 Å². The van der Waals surface area contributed by atoms with Crippen LogP contribution in [-0.4, -0.2) is 56.6 Å². The number of rotatable bonds is 10. The summed E-state index contributed by atoms with van der Waals surface area (Å²) in [6.07, 6.45) is 6.31. The maximum absolute atomic E-state index is 13.8. The van der Waals surface area contributed by atoms with Crippen molar-refractivity contribution in [2.24, 2.45) is 0 Å². The van der Waals surface area contributed by atoms with Gasteiger partial charge in [0.1, 0.15) is 12.6 Å². The highest BCUT2D eigenvalue weighted by Crippen LogP contribution is 2.22. The predicted molar refractivity (Wildman–Crippen MR) is 135 cm³/mol. The van der Waals surface area contributed by atoms with Gasteiger partial charge in [0, 0.05) is 18.7 Å². The molecule has 1 aliphatic rings. The fourth-order valence-electron chi connectivity index (χ4n) is 4.39. The topological polar surface area (TPSA) is 86.8 Å². The number of carbonyl (C=O) groups excluding carboxylic acids is 2. The Labute approximate surface area is 211 Å². The Morgan fingerprint density at radius 2 is 1.69 bits per heavy atom. The van der Waals surface area contributed by atoms with Gasteiger partial charge in [-0.25, -0.2) is 17.2 Å². The van der Waals surface area contributed by atoms with Gasteiger partial charge in [-0.05, 0) is 43.9 Å². The first kappa shape index (κ1) is 27.6. The van der Waals surface area contributed by atoms with E-state index in [-0.39, 0.29) is 24.2 Å². The summed E-state index contributed by atoms with van der Waals surface area (Å²) in [5.74, 6) is -3.28. The molecule has 0 aromatic heterocycles. The molecule has 2 aromatic carbocycles. The van der Waals surface area contributed by atoms with Crippen LogP contribution in [0.5, 0.6) is 0 Å². The van der Waals surface area contributed by atoms with Crippen LogP contribution in [0.25, 0.3) is 0 Å². The van der Waals surface area contributed by atoms with Crippen molar-refractivity contribution in [2.45, 2.75) is 57.5 Å². The summed E-state index contributed by atoms with van der Waals surface area (Å²) >= 11 is 0. The third kappa shape index (κ3) is 7.49. The molecule has 0 saturated heterocycles. The van der Waals surface area contributed by atoms with Gasteiger partial charge in [-0.3, -0.25) is 13.9 Å². The first-order valence-electron chi connectivity index (χ1n) is 12.1. The third-order valence-corrected chi connectivity index (χ3v) is 7.61. The highest BCUT2D eigenvalue weighted by Gasteiger charge is 2.31. The smallest absolute Gasteiger partial charge is 0.244 e. The summed E-state index contributed by atoms with van der Waals surface area (Å²) < 4.78 is 53.0. The average molecular weight is 522 g/mol. The molecule has 3 rings (SSSR count). The average Bonchev–Trinajstić information content (AvgIpc) is 2.85. The van der Waals surface area contributed by atoms with Crippen LogP contribution in [0.15, 0.2) is 48.5 Å². The first-order chi connectivity index (χ1) is 17.1. The molecule has 1 saturated carbocycles. The molecule has 0 heterocycles. The Morgan fingerprint density at radius 1 is 1.03 bits per heavy atom. The van der Waals surface area contributed by atoms with Crippen molar-refractivity contribution in [1.82, 2.24) is 10.2 Å². The maximum atomic E-state index is 13.8. The summed E-state index contributed by atoms with van der Waals surface area (Å²) in [6.45, 7) is 1.14. The van der Waals surface area contributed by atoms with E-state index in [1.165, 1.54) is 4.90 Å². The minimum Gasteiger partial charge on any atom is -0.352 e. The summed E-state index contributed by atoms with van der Waals surface area (Å²) in [5, 5.41) is 3.03. The van der Waals surface area contributed by atoms with Crippen molar-refractivity contribution in [2.75, 3.05) is 23.7 Å². The standard InChI is InChI=1S/C26H33F2N3O4S/c1-19(26(33)29-21-11-7-4-8-12-21)30(16-15-20-9-5-3-6-10-20)25(32)18-31(36(2,34)35)22-13-14-23(27)24(28)17-22/h3,5-6,9-10,13-14,17,19,21H,4,7-8,11-12,15-16,18H2,1-2H3,(H,29,33)/t19-/m0/s1. The molecule has 2 amide bonds. The quantitative estimate of drug-likeness (QED) is 0.517. The Bertz CT molecular complexity index is 1160. The van der Waals surface area contributed by atoms with Crippen LogP contribution in [0.4, 0.5) is 14.5 Å². The molecule has 1 aliphatic carbocycles. The molecule has 36 heavy (non-hydrogen) atoms. The van der Waals surface area contributed by atoms with E-state index in [1.54, 1.807) is 6.92 Å². The number of halogens is 2. The van der Waals surface area contributed by atoms with Crippen molar-refractivity contribution >= 4 is 27.5 Å². The monoisotopic (exact) mass is 521 g/mol. The Balaban J connectivity index is 1.82. The van der Waals surface area contributed by atoms with E-state index in [9.17, 15) is 26.8 Å². The number of hydrogen-bond donors (Lipinski definition) is 1. The molecule has 1 N–H and O–H groups in total. The van der Waals surface area contributed by atoms with E-state index in [0.29, 0.717) is 6.42 Å². The molecule has 1 atom stereocenters. The SMILES string of the molecule is C[C@@H](C(=O)NC1CCCCC1)N(CCc1ccccc1)C(=O)CN(c1ccc(F)c(F)c1)S(C)(=O)=O. The van der Waals surface area contributed by atoms with Gasteiger partial charge < -0.3 is 10.2 Å². The minimum absolute atomic E-state index is 0.0504. The molecule has 0 bridgehead atoms. The van der Waals surface area contributed by atoms with Gasteiger partial charge in [-0.15, -0.1) is 0 Å². The zero-order valence-electron chi connectivity index (χ0n) is 20.6. The van der Waals surface area contributed by atoms with Crippen LogP contribution in [0.1, 0.15) is 44.6 Å². The molecule has 0 aliphatic heterocycles. The van der Waals surface area contributed by atoms with Crippen molar-refractivity contribution in [1.29, 1.82) is 0 Å². The number of anilines is 1. The van der Waals surface area contributed by atoms with Gasteiger partial charge in [-0.1, -0.05) is 49.6 Å². The molecule has 0 unspecified atom stereocenters. The normalized spacial score (nSPS) is 15.2. The first-order valence-corrected chi connectivity index (χ1v) is 14.0. The van der Waals surface area contributed by atoms with Gasteiger partial charge in [-0.2, -0.15) is 0 Å². The van der Waals surface area contributed by atoms with Crippen molar-refractivity contribution in [3.63, 3.8) is 0 Å². The molecular weight excluding hydrogens is 488 g/mol. The number of nitrogens with zero attached hydrogens (tertiary/aromatic N) is 2. The van der Waals surface area contributed by atoms with Crippen LogP contribution in [0.2, 0.25) is 0 Å². The van der Waals surface area contributed by atoms with Gasteiger partial charge in [0.15, 0.2) is 11.6 Å². The summed E-state index contributed by atoms with van der Waals surface area (Å²) in [5.41, 5.74) is 0.780. The van der Waals surface area contributed by atoms with E-state index in [4.69, 9.17) is 0 Å². The number of carbonyl (C=O) groups is 2. The molecular formula is C26H33F2N3O4S. The van der Waals surface area contributed by atoms with Gasteiger partial charge >= 0.3 is 0 Å². The fourth-order valence-corrected chi connectivity index (χ4v) is 5.23. The molecule has 7 nitrogen and oxygen atoms in total. The lowest BCUT2D eigenvalue weighted by molar-refractivity contribution is -0.139. The highest BCUT2D eigenvalue weighted by molar-refractivity contribution is 7.92. The Morgan fingerprint density at radius 3 is 2.31 bits per heavy atom. The Kier molecular flexibility index (Phi) is 9.42. The van der Waals surface area contributed by atoms with Crippen LogP contribution in [0, 0.1) is 11.6 Å². The summed E-state index contributed by atoms with van der Waals surface area (Å²) in [4.78, 5) is 27.9. The van der Waals surface area contributed by atoms with Crippen LogP contribution in [-0.2, 0) is 26.0 Å². The highest BCUT2D eigenvalue weighted by atomic mass is 32.2. The zero-order chi connectivity index (χ0) is 26.3.